The minimum absolute atomic E-state index is 0.254. The van der Waals surface area contributed by atoms with Crippen molar-refractivity contribution >= 4 is 0 Å². The second-order valence-corrected chi connectivity index (χ2v) is 6.19. The molecule has 15 heavy (non-hydrogen) atoms. The van der Waals surface area contributed by atoms with Gasteiger partial charge < -0.3 is 0 Å². The van der Waals surface area contributed by atoms with Crippen molar-refractivity contribution in [1.29, 1.82) is 0 Å². The summed E-state index contributed by atoms with van der Waals surface area (Å²) in [4.78, 5) is 2.31. The lowest BCUT2D eigenvalue weighted by Gasteiger charge is -2.35. The Balaban J connectivity index is 4.50. The third kappa shape index (κ3) is 5.23. The molecule has 0 radical (unpaired) electrons. The van der Waals surface area contributed by atoms with Crippen molar-refractivity contribution in [2.75, 3.05) is 13.6 Å². The second-order valence-electron chi connectivity index (χ2n) is 6.19. The van der Waals surface area contributed by atoms with Crippen molar-refractivity contribution in [3.05, 3.63) is 0 Å². The van der Waals surface area contributed by atoms with Gasteiger partial charge in [-0.15, -0.1) is 6.42 Å². The molecule has 88 valence electrons. The molecule has 1 nitrogen and oxygen atoms in total. The molecule has 0 fully saturated rings. The molecule has 0 spiro atoms. The average Bonchev–Trinajstić information content (AvgIpc) is 2.01. The van der Waals surface area contributed by atoms with E-state index in [4.69, 9.17) is 6.42 Å². The molecule has 0 N–H and O–H groups in total. The van der Waals surface area contributed by atoms with Crippen LogP contribution in [0.4, 0.5) is 0 Å². The van der Waals surface area contributed by atoms with E-state index < -0.39 is 0 Å². The summed E-state index contributed by atoms with van der Waals surface area (Å²) in [6.45, 7) is 14.5. The zero-order valence-electron chi connectivity index (χ0n) is 11.5. The number of nitrogens with zero attached hydrogens (tertiary/aromatic N) is 1. The summed E-state index contributed by atoms with van der Waals surface area (Å²) in [5.41, 5.74) is 0.306. The standard InChI is InChI=1S/C14H27N/c1-9-13(12(4)11(2)3)15(8)10-14(5,6)7/h1,11-13H,10H2,2-8H3. The van der Waals surface area contributed by atoms with E-state index in [1.807, 2.05) is 0 Å². The summed E-state index contributed by atoms with van der Waals surface area (Å²) in [6, 6.07) is 0.254. The van der Waals surface area contributed by atoms with Gasteiger partial charge in [-0.3, -0.25) is 4.90 Å². The fraction of sp³-hybridized carbons (Fsp3) is 0.857. The SMILES string of the molecule is C#CC(C(C)C(C)C)N(C)CC(C)(C)C. The van der Waals surface area contributed by atoms with E-state index in [1.165, 1.54) is 0 Å². The topological polar surface area (TPSA) is 3.24 Å². The van der Waals surface area contributed by atoms with Crippen LogP contribution in [-0.4, -0.2) is 24.5 Å². The Hall–Kier alpha value is -0.480. The summed E-state index contributed by atoms with van der Waals surface area (Å²) >= 11 is 0. The Bertz CT molecular complexity index is 216. The van der Waals surface area contributed by atoms with Gasteiger partial charge in [0.2, 0.25) is 0 Å². The summed E-state index contributed by atoms with van der Waals surface area (Å²) < 4.78 is 0. The van der Waals surface area contributed by atoms with Crippen LogP contribution in [0.15, 0.2) is 0 Å². The van der Waals surface area contributed by atoms with Crippen LogP contribution in [0.3, 0.4) is 0 Å². The fourth-order valence-electron chi connectivity index (χ4n) is 1.89. The molecule has 0 aromatic heterocycles. The Labute approximate surface area is 96.2 Å². The van der Waals surface area contributed by atoms with Crippen LogP contribution in [0, 0.1) is 29.6 Å². The Morgan fingerprint density at radius 3 is 1.93 bits per heavy atom. The first-order chi connectivity index (χ1) is 6.69. The van der Waals surface area contributed by atoms with Gasteiger partial charge in [0.25, 0.3) is 0 Å². The largest absolute Gasteiger partial charge is 0.292 e. The van der Waals surface area contributed by atoms with Gasteiger partial charge in [-0.1, -0.05) is 47.5 Å². The van der Waals surface area contributed by atoms with E-state index in [1.54, 1.807) is 0 Å². The van der Waals surface area contributed by atoms with E-state index in [0.717, 1.165) is 6.54 Å². The Kier molecular flexibility index (Phi) is 5.38. The van der Waals surface area contributed by atoms with E-state index in [0.29, 0.717) is 17.3 Å². The molecule has 0 heterocycles. The van der Waals surface area contributed by atoms with Gasteiger partial charge in [0.15, 0.2) is 0 Å². The second kappa shape index (κ2) is 5.56. The predicted octanol–water partition coefficient (Wildman–Crippen LogP) is 3.26. The van der Waals surface area contributed by atoms with Crippen molar-refractivity contribution in [3.63, 3.8) is 0 Å². The quantitative estimate of drug-likeness (QED) is 0.642. The van der Waals surface area contributed by atoms with Crippen LogP contribution < -0.4 is 0 Å². The predicted molar refractivity (Wildman–Crippen MR) is 68.7 cm³/mol. The number of hydrogen-bond acceptors (Lipinski definition) is 1. The first-order valence-corrected chi connectivity index (χ1v) is 5.85. The first kappa shape index (κ1) is 14.5. The van der Waals surface area contributed by atoms with Crippen LogP contribution >= 0.6 is 0 Å². The molecule has 0 saturated heterocycles. The van der Waals surface area contributed by atoms with Crippen LogP contribution in [0.5, 0.6) is 0 Å². The van der Waals surface area contributed by atoms with Gasteiger partial charge in [0.1, 0.15) is 0 Å². The first-order valence-electron chi connectivity index (χ1n) is 5.85. The molecule has 0 rings (SSSR count). The van der Waals surface area contributed by atoms with Gasteiger partial charge in [0, 0.05) is 6.54 Å². The van der Waals surface area contributed by atoms with Gasteiger partial charge in [-0.05, 0) is 24.3 Å². The maximum absolute atomic E-state index is 5.64. The molecule has 0 aliphatic rings. The van der Waals surface area contributed by atoms with Crippen LogP contribution in [0.1, 0.15) is 41.5 Å². The van der Waals surface area contributed by atoms with E-state index in [2.05, 4.69) is 59.4 Å². The average molecular weight is 209 g/mol. The molecule has 2 atom stereocenters. The molecule has 0 amide bonds. The zero-order chi connectivity index (χ0) is 12.2. The zero-order valence-corrected chi connectivity index (χ0v) is 11.5. The maximum Gasteiger partial charge on any atom is 0.0737 e. The summed E-state index contributed by atoms with van der Waals surface area (Å²) in [5, 5.41) is 0. The normalized spacial score (nSPS) is 16.5. The van der Waals surface area contributed by atoms with Crippen LogP contribution in [0.25, 0.3) is 0 Å². The Morgan fingerprint density at radius 1 is 1.20 bits per heavy atom. The van der Waals surface area contributed by atoms with E-state index in [9.17, 15) is 0 Å². The van der Waals surface area contributed by atoms with E-state index in [-0.39, 0.29) is 6.04 Å². The van der Waals surface area contributed by atoms with Crippen molar-refractivity contribution in [2.45, 2.75) is 47.6 Å². The van der Waals surface area contributed by atoms with Crippen molar-refractivity contribution < 1.29 is 0 Å². The smallest absolute Gasteiger partial charge is 0.0737 e. The summed E-state index contributed by atoms with van der Waals surface area (Å²) in [7, 11) is 2.13. The molecule has 0 bridgehead atoms. The maximum atomic E-state index is 5.64. The Morgan fingerprint density at radius 2 is 1.67 bits per heavy atom. The lowest BCUT2D eigenvalue weighted by molar-refractivity contribution is 0.149. The molecule has 0 aromatic rings. The molecular weight excluding hydrogens is 182 g/mol. The minimum atomic E-state index is 0.254. The molecule has 2 unspecified atom stereocenters. The number of hydrogen-bond donors (Lipinski definition) is 0. The third-order valence-corrected chi connectivity index (χ3v) is 2.92. The monoisotopic (exact) mass is 209 g/mol. The highest BCUT2D eigenvalue weighted by atomic mass is 15.1. The molecule has 0 aliphatic carbocycles. The third-order valence-electron chi connectivity index (χ3n) is 2.92. The van der Waals surface area contributed by atoms with Crippen molar-refractivity contribution in [2.24, 2.45) is 17.3 Å². The van der Waals surface area contributed by atoms with Crippen molar-refractivity contribution in [1.82, 2.24) is 4.90 Å². The molecular formula is C14H27N. The highest BCUT2D eigenvalue weighted by Gasteiger charge is 2.25. The van der Waals surface area contributed by atoms with Gasteiger partial charge in [0.05, 0.1) is 6.04 Å². The van der Waals surface area contributed by atoms with Crippen LogP contribution in [-0.2, 0) is 0 Å². The highest BCUT2D eigenvalue weighted by Crippen LogP contribution is 2.22. The van der Waals surface area contributed by atoms with E-state index >= 15 is 0 Å². The summed E-state index contributed by atoms with van der Waals surface area (Å²) in [6.07, 6.45) is 5.64. The molecule has 1 heteroatoms. The van der Waals surface area contributed by atoms with Crippen molar-refractivity contribution in [3.8, 4) is 12.3 Å². The van der Waals surface area contributed by atoms with Gasteiger partial charge in [-0.2, -0.15) is 0 Å². The lowest BCUT2D eigenvalue weighted by atomic mass is 9.88. The molecule has 0 aromatic carbocycles. The molecule has 0 saturated carbocycles. The van der Waals surface area contributed by atoms with Crippen LogP contribution in [0.2, 0.25) is 0 Å². The fourth-order valence-corrected chi connectivity index (χ4v) is 1.89. The van der Waals surface area contributed by atoms with Gasteiger partial charge >= 0.3 is 0 Å². The minimum Gasteiger partial charge on any atom is -0.292 e. The number of rotatable bonds is 4. The molecule has 0 aliphatic heterocycles. The number of terminal acetylenes is 1. The lowest BCUT2D eigenvalue weighted by Crippen LogP contribution is -2.42. The van der Waals surface area contributed by atoms with Gasteiger partial charge in [-0.25, -0.2) is 0 Å². The highest BCUT2D eigenvalue weighted by molar-refractivity contribution is 5.02. The summed E-state index contributed by atoms with van der Waals surface area (Å²) in [5.74, 6) is 4.11.